The second-order valence-corrected chi connectivity index (χ2v) is 14.0. The molecule has 0 saturated carbocycles. The van der Waals surface area contributed by atoms with Gasteiger partial charge < -0.3 is 0 Å². The molecule has 2 rings (SSSR count). The van der Waals surface area contributed by atoms with Gasteiger partial charge in [-0.05, 0) is 115 Å². The highest BCUT2D eigenvalue weighted by atomic mass is 14.3. The molecule has 2 aliphatic rings. The summed E-state index contributed by atoms with van der Waals surface area (Å²) in [6.45, 7) is 23.2. The molecule has 0 nitrogen and oxygen atoms in total. The van der Waals surface area contributed by atoms with E-state index in [1.54, 1.807) is 22.3 Å². The summed E-state index contributed by atoms with van der Waals surface area (Å²) in [4.78, 5) is 0. The first-order valence-corrected chi connectivity index (χ1v) is 15.9. The van der Waals surface area contributed by atoms with E-state index in [0.29, 0.717) is 16.7 Å². The Morgan fingerprint density at radius 2 is 1.38 bits per heavy atom. The van der Waals surface area contributed by atoms with Crippen LogP contribution in [-0.2, 0) is 0 Å². The lowest BCUT2D eigenvalue weighted by molar-refractivity contribution is 0.354. The zero-order valence-electron chi connectivity index (χ0n) is 27.8. The van der Waals surface area contributed by atoms with E-state index in [-0.39, 0.29) is 0 Å². The minimum Gasteiger partial charge on any atom is -0.0837 e. The van der Waals surface area contributed by atoms with Crippen LogP contribution in [-0.4, -0.2) is 0 Å². The molecule has 1 unspecified atom stereocenters. The fourth-order valence-corrected chi connectivity index (χ4v) is 6.34. The molecule has 0 aromatic carbocycles. The Labute approximate surface area is 249 Å². The summed E-state index contributed by atoms with van der Waals surface area (Å²) in [5.74, 6) is 0.549. The van der Waals surface area contributed by atoms with Crippen LogP contribution < -0.4 is 0 Å². The van der Waals surface area contributed by atoms with E-state index in [1.807, 2.05) is 0 Å². The highest BCUT2D eigenvalue weighted by Crippen LogP contribution is 2.43. The van der Waals surface area contributed by atoms with E-state index in [0.717, 1.165) is 12.8 Å². The van der Waals surface area contributed by atoms with Gasteiger partial charge in [0.1, 0.15) is 0 Å². The molecule has 0 aromatic rings. The lowest BCUT2D eigenvalue weighted by atomic mass is 9.71. The van der Waals surface area contributed by atoms with Crippen molar-refractivity contribution in [3.05, 3.63) is 106 Å². The Balaban J connectivity index is 1.79. The van der Waals surface area contributed by atoms with Crippen LogP contribution in [0.15, 0.2) is 106 Å². The van der Waals surface area contributed by atoms with Gasteiger partial charge in [0.15, 0.2) is 0 Å². The van der Waals surface area contributed by atoms with E-state index < -0.39 is 0 Å². The van der Waals surface area contributed by atoms with Gasteiger partial charge >= 0.3 is 0 Å². The number of hydrogen-bond donors (Lipinski definition) is 0. The third-order valence-corrected chi connectivity index (χ3v) is 9.05. The lowest BCUT2D eigenvalue weighted by Gasteiger charge is -2.34. The minimum atomic E-state index is 0.321. The molecule has 1 atom stereocenters. The monoisotopic (exact) mass is 540 g/mol. The molecule has 220 valence electrons. The molecule has 0 saturated heterocycles. The van der Waals surface area contributed by atoms with Gasteiger partial charge in [0.05, 0.1) is 0 Å². The van der Waals surface area contributed by atoms with E-state index in [1.165, 1.54) is 61.7 Å². The first-order valence-electron chi connectivity index (χ1n) is 15.9. The fraction of sp³-hybridized carbons (Fsp3) is 0.550. The van der Waals surface area contributed by atoms with Crippen molar-refractivity contribution in [3.8, 4) is 0 Å². The fourth-order valence-electron chi connectivity index (χ4n) is 6.34. The SMILES string of the molecule is CC1=C(/C=C/C(C)CC=C/C(C)=C/C=C/C=C(C)/C=C/C=C(\C)CCC2=C(C)CCCC2(C)C)C(C)(C)CCC1. The summed E-state index contributed by atoms with van der Waals surface area (Å²) >= 11 is 0. The summed E-state index contributed by atoms with van der Waals surface area (Å²) in [6.07, 6.45) is 36.0. The average molecular weight is 541 g/mol. The third-order valence-electron chi connectivity index (χ3n) is 9.05. The van der Waals surface area contributed by atoms with Gasteiger partial charge in [-0.2, -0.15) is 0 Å². The Morgan fingerprint density at radius 3 is 2.00 bits per heavy atom. The highest BCUT2D eigenvalue weighted by Gasteiger charge is 2.28. The van der Waals surface area contributed by atoms with Crippen molar-refractivity contribution >= 4 is 0 Å². The molecule has 0 aliphatic heterocycles. The van der Waals surface area contributed by atoms with Crippen molar-refractivity contribution in [1.82, 2.24) is 0 Å². The highest BCUT2D eigenvalue weighted by molar-refractivity contribution is 5.33. The molecule has 2 aliphatic carbocycles. The summed E-state index contributed by atoms with van der Waals surface area (Å²) in [7, 11) is 0. The number of hydrogen-bond acceptors (Lipinski definition) is 0. The maximum Gasteiger partial charge on any atom is -0.0104 e. The van der Waals surface area contributed by atoms with Gasteiger partial charge in [-0.25, -0.2) is 0 Å². The minimum absolute atomic E-state index is 0.321. The summed E-state index contributed by atoms with van der Waals surface area (Å²) in [5.41, 5.74) is 11.2. The number of rotatable bonds is 12. The van der Waals surface area contributed by atoms with Gasteiger partial charge in [-0.3, -0.25) is 0 Å². The summed E-state index contributed by atoms with van der Waals surface area (Å²) in [5, 5.41) is 0. The Hall–Kier alpha value is -2.34. The standard InChI is InChI=1S/C40H60/c1-31(19-13-21-33(3)25-27-37-35(5)23-15-29-39(37,7)8)17-11-12-18-32(2)20-14-22-34(4)26-28-38-36(6)24-16-30-40(38,9)10/h11-14,17-21,26,28,34H,15-16,22-25,27,29-30H2,1-10H3/b12-11+,19-13+,20-14?,28-26+,31-17+,32-18+,33-21+. The van der Waals surface area contributed by atoms with Crippen LogP contribution in [0, 0.1) is 16.7 Å². The predicted molar refractivity (Wildman–Crippen MR) is 182 cm³/mol. The molecular weight excluding hydrogens is 480 g/mol. The molecule has 0 aromatic heterocycles. The van der Waals surface area contributed by atoms with Crippen LogP contribution >= 0.6 is 0 Å². The first kappa shape index (κ1) is 33.9. The zero-order chi connectivity index (χ0) is 29.8. The number of allylic oxidation sites excluding steroid dienone is 18. The van der Waals surface area contributed by atoms with Gasteiger partial charge in [0.2, 0.25) is 0 Å². The molecule has 0 amide bonds. The van der Waals surface area contributed by atoms with Crippen molar-refractivity contribution in [2.75, 3.05) is 0 Å². The quantitative estimate of drug-likeness (QED) is 0.170. The Morgan fingerprint density at radius 1 is 0.775 bits per heavy atom. The van der Waals surface area contributed by atoms with Gasteiger partial charge in [-0.1, -0.05) is 135 Å². The molecule has 0 radical (unpaired) electrons. The summed E-state index contributed by atoms with van der Waals surface area (Å²) in [6, 6.07) is 0. The third kappa shape index (κ3) is 11.6. The zero-order valence-corrected chi connectivity index (χ0v) is 27.8. The molecular formula is C40H60. The Bertz CT molecular complexity index is 1110. The molecule has 0 spiro atoms. The molecule has 0 heterocycles. The molecule has 0 bridgehead atoms. The first-order chi connectivity index (χ1) is 18.8. The van der Waals surface area contributed by atoms with E-state index in [2.05, 4.69) is 136 Å². The normalized spacial score (nSPS) is 22.1. The van der Waals surface area contributed by atoms with E-state index in [9.17, 15) is 0 Å². The second-order valence-electron chi connectivity index (χ2n) is 14.0. The van der Waals surface area contributed by atoms with Crippen LogP contribution in [0.1, 0.15) is 127 Å². The molecule has 0 N–H and O–H groups in total. The van der Waals surface area contributed by atoms with Crippen molar-refractivity contribution in [2.45, 2.75) is 127 Å². The van der Waals surface area contributed by atoms with Gasteiger partial charge in [0.25, 0.3) is 0 Å². The van der Waals surface area contributed by atoms with Crippen molar-refractivity contribution in [3.63, 3.8) is 0 Å². The van der Waals surface area contributed by atoms with Crippen molar-refractivity contribution < 1.29 is 0 Å². The van der Waals surface area contributed by atoms with Crippen molar-refractivity contribution in [2.24, 2.45) is 16.7 Å². The maximum absolute atomic E-state index is 2.43. The largest absolute Gasteiger partial charge is 0.0837 e. The van der Waals surface area contributed by atoms with Gasteiger partial charge in [-0.15, -0.1) is 0 Å². The van der Waals surface area contributed by atoms with Crippen LogP contribution in [0.25, 0.3) is 0 Å². The summed E-state index contributed by atoms with van der Waals surface area (Å²) < 4.78 is 0. The van der Waals surface area contributed by atoms with Gasteiger partial charge in [0, 0.05) is 0 Å². The van der Waals surface area contributed by atoms with Crippen LogP contribution in [0.4, 0.5) is 0 Å². The second kappa shape index (κ2) is 16.2. The maximum atomic E-state index is 2.43. The van der Waals surface area contributed by atoms with E-state index in [4.69, 9.17) is 0 Å². The lowest BCUT2D eigenvalue weighted by Crippen LogP contribution is -2.20. The Kier molecular flexibility index (Phi) is 13.7. The topological polar surface area (TPSA) is 0 Å². The molecule has 0 fully saturated rings. The molecule has 0 heteroatoms. The van der Waals surface area contributed by atoms with Crippen LogP contribution in [0.5, 0.6) is 0 Å². The smallest absolute Gasteiger partial charge is 0.0104 e. The predicted octanol–water partition coefficient (Wildman–Crippen LogP) is 12.9. The molecule has 40 heavy (non-hydrogen) atoms. The van der Waals surface area contributed by atoms with Crippen molar-refractivity contribution in [1.29, 1.82) is 0 Å². The average Bonchev–Trinajstić information content (AvgIpc) is 2.85. The van der Waals surface area contributed by atoms with E-state index >= 15 is 0 Å². The van der Waals surface area contributed by atoms with Crippen LogP contribution in [0.2, 0.25) is 0 Å². The van der Waals surface area contributed by atoms with Crippen LogP contribution in [0.3, 0.4) is 0 Å².